The average Bonchev–Trinajstić information content (AvgIpc) is 3.13. The van der Waals surface area contributed by atoms with Crippen LogP contribution in [-0.4, -0.2) is 33.8 Å². The maximum atomic E-state index is 13.0. The smallest absolute Gasteiger partial charge is 0.261 e. The first-order valence-corrected chi connectivity index (χ1v) is 9.62. The van der Waals surface area contributed by atoms with Gasteiger partial charge in [0, 0.05) is 16.5 Å². The minimum atomic E-state index is -0.198. The van der Waals surface area contributed by atoms with Crippen molar-refractivity contribution in [1.29, 1.82) is 0 Å². The van der Waals surface area contributed by atoms with Gasteiger partial charge in [-0.05, 0) is 49.4 Å². The minimum Gasteiger partial charge on any atom is -0.379 e. The number of para-hydroxylation sites is 2. The molecule has 5 rings (SSSR count). The Balaban J connectivity index is 1.76. The summed E-state index contributed by atoms with van der Waals surface area (Å²) in [6, 6.07) is 13.3. The van der Waals surface area contributed by atoms with Crippen LogP contribution in [0.15, 0.2) is 52.3 Å². The van der Waals surface area contributed by atoms with Crippen molar-refractivity contribution in [2.45, 2.75) is 18.9 Å². The normalized spacial score (nSPS) is 16.7. The Kier molecular flexibility index (Phi) is 4.13. The molecule has 0 saturated carbocycles. The monoisotopic (exact) mass is 391 g/mol. The lowest BCUT2D eigenvalue weighted by Gasteiger charge is -2.22. The van der Waals surface area contributed by atoms with E-state index in [2.05, 4.69) is 25.3 Å². The number of benzene rings is 2. The van der Waals surface area contributed by atoms with Crippen LogP contribution in [0.4, 0.5) is 5.69 Å². The maximum absolute atomic E-state index is 13.0. The number of hydrogen-bond acceptors (Lipinski definition) is 4. The first-order chi connectivity index (χ1) is 13.7. The molecular weight excluding hydrogens is 374 g/mol. The number of hydrogen-bond donors (Lipinski definition) is 3. The van der Waals surface area contributed by atoms with E-state index in [1.807, 2.05) is 42.6 Å². The lowest BCUT2D eigenvalue weighted by atomic mass is 10.0. The number of aromatic amines is 2. The number of nitrogens with one attached hydrogen (secondary N) is 3. The van der Waals surface area contributed by atoms with Crippen molar-refractivity contribution in [3.05, 3.63) is 57.8 Å². The average molecular weight is 392 g/mol. The van der Waals surface area contributed by atoms with Gasteiger partial charge in [0.05, 0.1) is 28.8 Å². The zero-order chi connectivity index (χ0) is 19.1. The molecule has 0 aliphatic carbocycles. The molecule has 140 valence electrons. The molecule has 1 aliphatic rings. The molecule has 0 saturated heterocycles. The van der Waals surface area contributed by atoms with Crippen LogP contribution in [0.1, 0.15) is 12.8 Å². The standard InChI is InChI=1S/C21H18ClN5O/c22-12-7-8-15-14(10-12)19(24-13-4-3-9-23-11-13)18(21(28)27-15)20-25-16-5-1-2-6-17(16)26-20/h1-2,5-10,13H,3-4,11H2,(H,25,26)(H2,24,27,28)/t13-/m0/s1. The van der Waals surface area contributed by atoms with Crippen molar-refractivity contribution >= 4 is 45.4 Å². The van der Waals surface area contributed by atoms with Crippen LogP contribution in [0.2, 0.25) is 5.02 Å². The molecule has 0 radical (unpaired) electrons. The van der Waals surface area contributed by atoms with Crippen molar-refractivity contribution in [2.24, 2.45) is 4.99 Å². The van der Waals surface area contributed by atoms with E-state index in [1.54, 1.807) is 6.07 Å². The van der Waals surface area contributed by atoms with E-state index in [-0.39, 0.29) is 11.6 Å². The number of H-pyrrole nitrogens is 2. The van der Waals surface area contributed by atoms with Gasteiger partial charge in [-0.1, -0.05) is 23.7 Å². The second-order valence-corrected chi connectivity index (χ2v) is 7.40. The van der Waals surface area contributed by atoms with Crippen molar-refractivity contribution in [1.82, 2.24) is 15.0 Å². The number of rotatable bonds is 3. The Hall–Kier alpha value is -3.12. The van der Waals surface area contributed by atoms with Crippen LogP contribution < -0.4 is 10.9 Å². The summed E-state index contributed by atoms with van der Waals surface area (Å²) in [7, 11) is 0. The highest BCUT2D eigenvalue weighted by molar-refractivity contribution is 6.31. The van der Waals surface area contributed by atoms with E-state index in [9.17, 15) is 4.79 Å². The molecule has 3 heterocycles. The predicted octanol–water partition coefficient (Wildman–Crippen LogP) is 4.37. The third kappa shape index (κ3) is 2.96. The van der Waals surface area contributed by atoms with Gasteiger partial charge in [-0.3, -0.25) is 9.79 Å². The molecule has 2 aromatic heterocycles. The molecule has 1 aliphatic heterocycles. The number of pyridine rings is 1. The highest BCUT2D eigenvalue weighted by atomic mass is 35.5. The Morgan fingerprint density at radius 2 is 2.00 bits per heavy atom. The van der Waals surface area contributed by atoms with E-state index >= 15 is 0 Å². The fourth-order valence-electron chi connectivity index (χ4n) is 3.69. The largest absolute Gasteiger partial charge is 0.379 e. The lowest BCUT2D eigenvalue weighted by Crippen LogP contribution is -2.27. The van der Waals surface area contributed by atoms with Gasteiger partial charge in [0.1, 0.15) is 11.4 Å². The molecule has 2 aromatic carbocycles. The lowest BCUT2D eigenvalue weighted by molar-refractivity contribution is 0.662. The summed E-state index contributed by atoms with van der Waals surface area (Å²) < 4.78 is 0. The Bertz CT molecular complexity index is 1240. The summed E-state index contributed by atoms with van der Waals surface area (Å²) in [5.41, 5.74) is 3.46. The molecule has 0 unspecified atom stereocenters. The molecule has 6 nitrogen and oxygen atoms in total. The van der Waals surface area contributed by atoms with E-state index < -0.39 is 0 Å². The topological polar surface area (TPSA) is 85.9 Å². The number of halogens is 1. The van der Waals surface area contributed by atoms with E-state index in [4.69, 9.17) is 11.6 Å². The van der Waals surface area contributed by atoms with Crippen molar-refractivity contribution < 1.29 is 0 Å². The van der Waals surface area contributed by atoms with Crippen molar-refractivity contribution in [3.8, 4) is 11.4 Å². The van der Waals surface area contributed by atoms with E-state index in [1.165, 1.54) is 0 Å². The van der Waals surface area contributed by atoms with Gasteiger partial charge in [0.15, 0.2) is 0 Å². The first kappa shape index (κ1) is 17.0. The van der Waals surface area contributed by atoms with Crippen LogP contribution >= 0.6 is 11.6 Å². The molecule has 0 amide bonds. The highest BCUT2D eigenvalue weighted by Crippen LogP contribution is 2.33. The third-order valence-electron chi connectivity index (χ3n) is 5.05. The quantitative estimate of drug-likeness (QED) is 0.484. The van der Waals surface area contributed by atoms with Gasteiger partial charge < -0.3 is 15.3 Å². The minimum absolute atomic E-state index is 0.150. The van der Waals surface area contributed by atoms with Crippen LogP contribution in [0.3, 0.4) is 0 Å². The zero-order valence-electron chi connectivity index (χ0n) is 15.0. The molecular formula is C21H18ClN5O. The second-order valence-electron chi connectivity index (χ2n) is 6.96. The van der Waals surface area contributed by atoms with Crippen LogP contribution in [-0.2, 0) is 0 Å². The summed E-state index contributed by atoms with van der Waals surface area (Å²) in [5.74, 6) is 0.533. The van der Waals surface area contributed by atoms with Crippen molar-refractivity contribution in [2.75, 3.05) is 11.9 Å². The molecule has 0 spiro atoms. The van der Waals surface area contributed by atoms with Crippen LogP contribution in [0.5, 0.6) is 0 Å². The van der Waals surface area contributed by atoms with Crippen LogP contribution in [0, 0.1) is 0 Å². The van der Waals surface area contributed by atoms with Gasteiger partial charge in [-0.15, -0.1) is 0 Å². The molecule has 0 fully saturated rings. The van der Waals surface area contributed by atoms with Gasteiger partial charge in [0.25, 0.3) is 5.56 Å². The van der Waals surface area contributed by atoms with Gasteiger partial charge in [0.2, 0.25) is 0 Å². The van der Waals surface area contributed by atoms with Crippen LogP contribution in [0.25, 0.3) is 33.3 Å². The molecule has 3 N–H and O–H groups in total. The molecule has 28 heavy (non-hydrogen) atoms. The fourth-order valence-corrected chi connectivity index (χ4v) is 3.87. The second kappa shape index (κ2) is 6.80. The summed E-state index contributed by atoms with van der Waals surface area (Å²) in [5, 5.41) is 5.02. The maximum Gasteiger partial charge on any atom is 0.261 e. The Labute approximate surface area is 165 Å². The van der Waals surface area contributed by atoms with E-state index in [0.717, 1.165) is 40.5 Å². The summed E-state index contributed by atoms with van der Waals surface area (Å²) >= 11 is 6.27. The number of imidazole rings is 1. The van der Waals surface area contributed by atoms with Gasteiger partial charge in [-0.2, -0.15) is 0 Å². The number of aromatic nitrogens is 3. The first-order valence-electron chi connectivity index (χ1n) is 9.24. The SMILES string of the molecule is O=c1[nH]c2ccc(Cl)cc2c(N[C@H]2CCC=NC2)c1-c1nc2ccccc2[nH]1. The van der Waals surface area contributed by atoms with Crippen molar-refractivity contribution in [3.63, 3.8) is 0 Å². The number of aliphatic imine (C=N–C) groups is 1. The van der Waals surface area contributed by atoms with E-state index in [0.29, 0.717) is 23.0 Å². The summed E-state index contributed by atoms with van der Waals surface area (Å²) in [6.45, 7) is 0.675. The molecule has 1 atom stereocenters. The number of fused-ring (bicyclic) bond motifs is 2. The summed E-state index contributed by atoms with van der Waals surface area (Å²) in [6.07, 6.45) is 3.82. The number of nitrogens with zero attached hydrogens (tertiary/aromatic N) is 2. The molecule has 7 heteroatoms. The molecule has 0 bridgehead atoms. The van der Waals surface area contributed by atoms with Gasteiger partial charge in [-0.25, -0.2) is 4.98 Å². The highest BCUT2D eigenvalue weighted by Gasteiger charge is 2.21. The third-order valence-corrected chi connectivity index (χ3v) is 5.29. The Morgan fingerprint density at radius 1 is 1.11 bits per heavy atom. The predicted molar refractivity (Wildman–Crippen MR) is 115 cm³/mol. The summed E-state index contributed by atoms with van der Waals surface area (Å²) in [4.78, 5) is 28.3. The number of anilines is 1. The fraction of sp³-hybridized carbons (Fsp3) is 0.190. The Morgan fingerprint density at radius 3 is 2.82 bits per heavy atom. The molecule has 4 aromatic rings. The van der Waals surface area contributed by atoms with Gasteiger partial charge >= 0.3 is 0 Å². The zero-order valence-corrected chi connectivity index (χ0v) is 15.8.